The smallest absolute Gasteiger partial charge is 0.254 e. The standard InChI is InChI=1S/C27H27N7O2/c35-18-9-17-8-16(22(10-18)32-17)7-15-1-4-24(29-11-15)33-21-3-2-19(20-12-31-27(36)26(20)21)23-13-30-25-14-28-5-6-34(23)25/h1-6,11,13-14,16-18,22,32,35H,7-10,12H2,(H,29,33)(H,31,36)/t16?,17-,18+,22-/m1/s1. The zero-order chi connectivity index (χ0) is 24.2. The fourth-order valence-corrected chi connectivity index (χ4v) is 6.20. The molecule has 9 heteroatoms. The molecular weight excluding hydrogens is 454 g/mol. The van der Waals surface area contributed by atoms with E-state index in [1.807, 2.05) is 41.2 Å². The van der Waals surface area contributed by atoms with Gasteiger partial charge in [-0.3, -0.25) is 14.2 Å². The predicted octanol–water partition coefficient (Wildman–Crippen LogP) is 2.82. The molecule has 2 fully saturated rings. The van der Waals surface area contributed by atoms with Crippen molar-refractivity contribution in [1.82, 2.24) is 30.0 Å². The lowest BCUT2D eigenvalue weighted by Gasteiger charge is -2.27. The lowest BCUT2D eigenvalue weighted by molar-refractivity contribution is 0.0966. The number of amides is 1. The number of carbonyl (C=O) groups excluding carboxylic acids is 1. The summed E-state index contributed by atoms with van der Waals surface area (Å²) in [6.45, 7) is 0.468. The Labute approximate surface area is 208 Å². The Hall–Kier alpha value is -3.82. The summed E-state index contributed by atoms with van der Waals surface area (Å²) >= 11 is 0. The highest BCUT2D eigenvalue weighted by Crippen LogP contribution is 2.36. The van der Waals surface area contributed by atoms with Gasteiger partial charge in [-0.05, 0) is 54.9 Å². The van der Waals surface area contributed by atoms with Gasteiger partial charge in [0.05, 0.1) is 35.4 Å². The predicted molar refractivity (Wildman–Crippen MR) is 135 cm³/mol. The fourth-order valence-electron chi connectivity index (χ4n) is 6.20. The van der Waals surface area contributed by atoms with Crippen molar-refractivity contribution in [1.29, 1.82) is 0 Å². The molecule has 6 heterocycles. The van der Waals surface area contributed by atoms with Gasteiger partial charge in [-0.25, -0.2) is 9.97 Å². The van der Waals surface area contributed by atoms with E-state index >= 15 is 0 Å². The molecule has 36 heavy (non-hydrogen) atoms. The number of anilines is 2. The Bertz CT molecular complexity index is 1470. The Kier molecular flexibility index (Phi) is 5.00. The van der Waals surface area contributed by atoms with Gasteiger partial charge in [0.15, 0.2) is 5.65 Å². The number of nitrogens with zero attached hydrogens (tertiary/aromatic N) is 4. The Morgan fingerprint density at radius 3 is 2.92 bits per heavy atom. The Morgan fingerprint density at radius 2 is 2.03 bits per heavy atom. The van der Waals surface area contributed by atoms with Crippen LogP contribution in [0.3, 0.4) is 0 Å². The summed E-state index contributed by atoms with van der Waals surface area (Å²) < 4.78 is 1.98. The van der Waals surface area contributed by atoms with Crippen LogP contribution in [0.2, 0.25) is 0 Å². The van der Waals surface area contributed by atoms with E-state index in [1.165, 1.54) is 5.56 Å². The van der Waals surface area contributed by atoms with Crippen molar-refractivity contribution in [3.63, 3.8) is 0 Å². The molecule has 1 unspecified atom stereocenters. The van der Waals surface area contributed by atoms with E-state index in [4.69, 9.17) is 0 Å². The molecule has 0 radical (unpaired) electrons. The first-order valence-electron chi connectivity index (χ1n) is 12.5. The average molecular weight is 482 g/mol. The molecule has 4 N–H and O–H groups in total. The summed E-state index contributed by atoms with van der Waals surface area (Å²) in [5, 5.41) is 20.0. The first-order valence-corrected chi connectivity index (χ1v) is 12.5. The van der Waals surface area contributed by atoms with Gasteiger partial charge in [-0.15, -0.1) is 0 Å². The number of carbonyl (C=O) groups is 1. The van der Waals surface area contributed by atoms with Crippen molar-refractivity contribution in [2.45, 2.75) is 50.4 Å². The monoisotopic (exact) mass is 481 g/mol. The van der Waals surface area contributed by atoms with Crippen LogP contribution >= 0.6 is 0 Å². The number of benzene rings is 1. The van der Waals surface area contributed by atoms with Crippen molar-refractivity contribution in [3.05, 3.63) is 71.9 Å². The second-order valence-corrected chi connectivity index (χ2v) is 10.1. The molecule has 0 aliphatic carbocycles. The van der Waals surface area contributed by atoms with Gasteiger partial charge in [0.2, 0.25) is 0 Å². The number of aromatic nitrogens is 4. The molecule has 3 aliphatic rings. The summed E-state index contributed by atoms with van der Waals surface area (Å²) in [7, 11) is 0. The molecule has 2 bridgehead atoms. The van der Waals surface area contributed by atoms with Crippen molar-refractivity contribution in [3.8, 4) is 11.3 Å². The molecule has 9 nitrogen and oxygen atoms in total. The number of piperidine rings is 1. The number of aliphatic hydroxyl groups excluding tert-OH is 1. The number of imidazole rings is 1. The maximum Gasteiger partial charge on any atom is 0.254 e. The highest BCUT2D eigenvalue weighted by atomic mass is 16.3. The van der Waals surface area contributed by atoms with E-state index < -0.39 is 0 Å². The molecule has 1 amide bonds. The lowest BCUT2D eigenvalue weighted by Crippen LogP contribution is -2.41. The van der Waals surface area contributed by atoms with Crippen molar-refractivity contribution in [2.24, 2.45) is 5.92 Å². The number of fused-ring (bicyclic) bond motifs is 4. The van der Waals surface area contributed by atoms with Crippen LogP contribution in [-0.4, -0.2) is 48.6 Å². The molecule has 3 aliphatic heterocycles. The minimum Gasteiger partial charge on any atom is -0.393 e. The van der Waals surface area contributed by atoms with Crippen molar-refractivity contribution in [2.75, 3.05) is 5.32 Å². The number of rotatable bonds is 5. The molecule has 4 aromatic rings. The third-order valence-corrected chi connectivity index (χ3v) is 7.83. The van der Waals surface area contributed by atoms with Crippen LogP contribution in [0.4, 0.5) is 11.5 Å². The summed E-state index contributed by atoms with van der Waals surface area (Å²) in [5.74, 6) is 1.14. The number of hydrogen-bond acceptors (Lipinski definition) is 7. The van der Waals surface area contributed by atoms with Gasteiger partial charge in [0, 0.05) is 42.8 Å². The van der Waals surface area contributed by atoms with Gasteiger partial charge in [0.25, 0.3) is 5.91 Å². The largest absolute Gasteiger partial charge is 0.393 e. The highest BCUT2D eigenvalue weighted by Gasteiger charge is 2.39. The van der Waals surface area contributed by atoms with Gasteiger partial charge >= 0.3 is 0 Å². The summed E-state index contributed by atoms with van der Waals surface area (Å²) in [4.78, 5) is 26.0. The Balaban J connectivity index is 1.13. The van der Waals surface area contributed by atoms with E-state index in [9.17, 15) is 9.90 Å². The zero-order valence-electron chi connectivity index (χ0n) is 19.7. The van der Waals surface area contributed by atoms with Crippen LogP contribution in [0.25, 0.3) is 16.9 Å². The number of hydrogen-bond donors (Lipinski definition) is 4. The maximum atomic E-state index is 12.8. The minimum absolute atomic E-state index is 0.0940. The first kappa shape index (κ1) is 21.5. The number of nitrogens with one attached hydrogen (secondary N) is 3. The molecule has 4 atom stereocenters. The van der Waals surface area contributed by atoms with E-state index in [-0.39, 0.29) is 12.0 Å². The van der Waals surface area contributed by atoms with Gasteiger partial charge in [-0.1, -0.05) is 12.1 Å². The molecule has 0 spiro atoms. The number of aliphatic hydroxyl groups is 1. The molecule has 3 aromatic heterocycles. The topological polar surface area (TPSA) is 116 Å². The summed E-state index contributed by atoms with van der Waals surface area (Å²) in [5.41, 5.74) is 6.17. The van der Waals surface area contributed by atoms with Crippen molar-refractivity contribution >= 4 is 23.1 Å². The second kappa shape index (κ2) is 8.39. The van der Waals surface area contributed by atoms with Crippen LogP contribution in [0.1, 0.15) is 40.7 Å². The molecule has 7 rings (SSSR count). The minimum atomic E-state index is -0.175. The number of pyridine rings is 1. The highest BCUT2D eigenvalue weighted by molar-refractivity contribution is 6.06. The molecule has 0 saturated carbocycles. The zero-order valence-corrected chi connectivity index (χ0v) is 19.7. The Morgan fingerprint density at radius 1 is 1.08 bits per heavy atom. The van der Waals surface area contributed by atoms with Crippen LogP contribution in [-0.2, 0) is 13.0 Å². The second-order valence-electron chi connectivity index (χ2n) is 10.1. The van der Waals surface area contributed by atoms with Crippen LogP contribution in [0.15, 0.2) is 55.2 Å². The van der Waals surface area contributed by atoms with Crippen molar-refractivity contribution < 1.29 is 9.90 Å². The molecular formula is C27H27N7O2. The van der Waals surface area contributed by atoms with E-state index in [2.05, 4.69) is 37.0 Å². The molecule has 2 saturated heterocycles. The van der Waals surface area contributed by atoms with E-state index in [0.29, 0.717) is 35.9 Å². The lowest BCUT2D eigenvalue weighted by atomic mass is 9.91. The van der Waals surface area contributed by atoms with Gasteiger partial charge < -0.3 is 21.1 Å². The van der Waals surface area contributed by atoms with E-state index in [0.717, 1.165) is 53.8 Å². The average Bonchev–Trinajstić information content (AvgIpc) is 3.56. The van der Waals surface area contributed by atoms with Crippen LogP contribution in [0, 0.1) is 5.92 Å². The molecule has 182 valence electrons. The third kappa shape index (κ3) is 3.63. The maximum absolute atomic E-state index is 12.8. The SMILES string of the molecule is O=C1NCc2c(-c3cnc4cnccn34)ccc(Nc3ccc(CC4C[C@@H]5C[C@H](O)C[C@H]4N5)cn3)c21. The third-order valence-electron chi connectivity index (χ3n) is 7.83. The van der Waals surface area contributed by atoms with Crippen LogP contribution in [0.5, 0.6) is 0 Å². The first-order chi connectivity index (χ1) is 17.6. The summed E-state index contributed by atoms with van der Waals surface area (Å²) in [6.07, 6.45) is 12.6. The quantitative estimate of drug-likeness (QED) is 0.346. The fraction of sp³-hybridized carbons (Fsp3) is 0.333. The van der Waals surface area contributed by atoms with Gasteiger partial charge in [0.1, 0.15) is 5.82 Å². The normalized spacial score (nSPS) is 24.6. The van der Waals surface area contributed by atoms with Crippen LogP contribution < -0.4 is 16.0 Å². The summed E-state index contributed by atoms with van der Waals surface area (Å²) in [6, 6.07) is 8.87. The molecule has 1 aromatic carbocycles. The van der Waals surface area contributed by atoms with E-state index in [1.54, 1.807) is 12.4 Å². The van der Waals surface area contributed by atoms with Gasteiger partial charge in [-0.2, -0.15) is 0 Å².